The summed E-state index contributed by atoms with van der Waals surface area (Å²) in [6, 6.07) is 0. The standard InChI is InChI=1S/C14H26O3/c1-4-17-14(9-5-7-12(2)11-14)13(15)8-6-10-16-3/h12H,4-11H2,1-3H3. The molecule has 0 heterocycles. The van der Waals surface area contributed by atoms with Crippen molar-refractivity contribution in [3.05, 3.63) is 0 Å². The molecule has 0 N–H and O–H groups in total. The zero-order valence-electron chi connectivity index (χ0n) is 11.5. The fourth-order valence-corrected chi connectivity index (χ4v) is 2.85. The highest BCUT2D eigenvalue weighted by molar-refractivity contribution is 5.87. The van der Waals surface area contributed by atoms with Gasteiger partial charge in [0.1, 0.15) is 5.60 Å². The van der Waals surface area contributed by atoms with Crippen LogP contribution in [0, 0.1) is 5.92 Å². The van der Waals surface area contributed by atoms with Crippen molar-refractivity contribution in [2.75, 3.05) is 20.3 Å². The van der Waals surface area contributed by atoms with Gasteiger partial charge in [-0.1, -0.05) is 13.3 Å². The van der Waals surface area contributed by atoms with Gasteiger partial charge in [0.25, 0.3) is 0 Å². The predicted molar refractivity (Wildman–Crippen MR) is 68.1 cm³/mol. The van der Waals surface area contributed by atoms with Gasteiger partial charge in [0.15, 0.2) is 5.78 Å². The van der Waals surface area contributed by atoms with Crippen LogP contribution >= 0.6 is 0 Å². The Kier molecular flexibility index (Phi) is 6.14. The molecule has 0 aliphatic heterocycles. The third-order valence-corrected chi connectivity index (χ3v) is 3.64. The largest absolute Gasteiger partial charge is 0.385 e. The van der Waals surface area contributed by atoms with Crippen LogP contribution in [0.2, 0.25) is 0 Å². The summed E-state index contributed by atoms with van der Waals surface area (Å²) >= 11 is 0. The zero-order valence-corrected chi connectivity index (χ0v) is 11.5. The molecule has 0 aromatic rings. The fraction of sp³-hybridized carbons (Fsp3) is 0.929. The number of hydrogen-bond donors (Lipinski definition) is 0. The van der Waals surface area contributed by atoms with Crippen LogP contribution in [0.25, 0.3) is 0 Å². The Hall–Kier alpha value is -0.410. The molecule has 2 atom stereocenters. The highest BCUT2D eigenvalue weighted by atomic mass is 16.5. The van der Waals surface area contributed by atoms with Crippen LogP contribution < -0.4 is 0 Å². The maximum Gasteiger partial charge on any atom is 0.164 e. The molecular formula is C14H26O3. The first-order valence-corrected chi connectivity index (χ1v) is 6.81. The first-order chi connectivity index (χ1) is 8.14. The SMILES string of the molecule is CCOC1(C(=O)CCCOC)CCCC(C)C1. The number of ketones is 1. The first kappa shape index (κ1) is 14.7. The molecule has 0 aromatic heterocycles. The van der Waals surface area contributed by atoms with Crippen molar-refractivity contribution in [3.63, 3.8) is 0 Å². The molecule has 1 aliphatic carbocycles. The molecule has 1 fully saturated rings. The number of Topliss-reactive ketones (excluding diaryl/α,β-unsaturated/α-hetero) is 1. The van der Waals surface area contributed by atoms with Crippen LogP contribution in [0.3, 0.4) is 0 Å². The van der Waals surface area contributed by atoms with Gasteiger partial charge in [-0.3, -0.25) is 4.79 Å². The van der Waals surface area contributed by atoms with E-state index in [1.54, 1.807) is 7.11 Å². The van der Waals surface area contributed by atoms with Gasteiger partial charge in [0.2, 0.25) is 0 Å². The second-order valence-corrected chi connectivity index (χ2v) is 5.15. The van der Waals surface area contributed by atoms with E-state index in [2.05, 4.69) is 6.92 Å². The Morgan fingerprint density at radius 1 is 1.47 bits per heavy atom. The summed E-state index contributed by atoms with van der Waals surface area (Å²) in [6.45, 7) is 5.48. The highest BCUT2D eigenvalue weighted by Gasteiger charge is 2.41. The van der Waals surface area contributed by atoms with Gasteiger partial charge in [-0.05, 0) is 38.5 Å². The van der Waals surface area contributed by atoms with Crippen molar-refractivity contribution in [3.8, 4) is 0 Å². The summed E-state index contributed by atoms with van der Waals surface area (Å²) in [6.07, 6.45) is 5.51. The molecule has 2 unspecified atom stereocenters. The van der Waals surface area contributed by atoms with E-state index in [0.717, 1.165) is 25.7 Å². The Morgan fingerprint density at radius 3 is 2.82 bits per heavy atom. The monoisotopic (exact) mass is 242 g/mol. The minimum absolute atomic E-state index is 0.281. The van der Waals surface area contributed by atoms with Gasteiger partial charge >= 0.3 is 0 Å². The molecule has 1 aliphatic rings. The molecule has 3 nitrogen and oxygen atoms in total. The van der Waals surface area contributed by atoms with Crippen molar-refractivity contribution in [1.29, 1.82) is 0 Å². The van der Waals surface area contributed by atoms with Gasteiger partial charge in [-0.15, -0.1) is 0 Å². The Labute approximate surface area is 105 Å². The molecule has 0 spiro atoms. The minimum Gasteiger partial charge on any atom is -0.385 e. The minimum atomic E-state index is -0.486. The molecular weight excluding hydrogens is 216 g/mol. The van der Waals surface area contributed by atoms with Gasteiger partial charge in [-0.25, -0.2) is 0 Å². The van der Waals surface area contributed by atoms with Crippen molar-refractivity contribution < 1.29 is 14.3 Å². The number of carbonyl (C=O) groups excluding carboxylic acids is 1. The van der Waals surface area contributed by atoms with Crippen LogP contribution in [0.15, 0.2) is 0 Å². The molecule has 1 rings (SSSR count). The zero-order chi connectivity index (χ0) is 12.7. The summed E-state index contributed by atoms with van der Waals surface area (Å²) in [5.74, 6) is 0.879. The van der Waals surface area contributed by atoms with E-state index in [1.807, 2.05) is 6.92 Å². The smallest absolute Gasteiger partial charge is 0.164 e. The average Bonchev–Trinajstić information content (AvgIpc) is 2.29. The summed E-state index contributed by atoms with van der Waals surface area (Å²) in [5, 5.41) is 0. The predicted octanol–water partition coefficient (Wildman–Crippen LogP) is 2.97. The number of carbonyl (C=O) groups is 1. The lowest BCUT2D eigenvalue weighted by atomic mass is 9.75. The molecule has 0 saturated heterocycles. The second kappa shape index (κ2) is 7.12. The highest BCUT2D eigenvalue weighted by Crippen LogP contribution is 2.36. The van der Waals surface area contributed by atoms with Crippen molar-refractivity contribution in [1.82, 2.24) is 0 Å². The first-order valence-electron chi connectivity index (χ1n) is 6.81. The molecule has 100 valence electrons. The number of rotatable bonds is 7. The third kappa shape index (κ3) is 4.07. The second-order valence-electron chi connectivity index (χ2n) is 5.15. The van der Waals surface area contributed by atoms with E-state index in [0.29, 0.717) is 25.6 Å². The van der Waals surface area contributed by atoms with E-state index < -0.39 is 5.60 Å². The molecule has 17 heavy (non-hydrogen) atoms. The van der Waals surface area contributed by atoms with Gasteiger partial charge in [0.05, 0.1) is 0 Å². The van der Waals surface area contributed by atoms with Gasteiger partial charge < -0.3 is 9.47 Å². The number of methoxy groups -OCH3 is 1. The molecule has 0 bridgehead atoms. The Bertz CT molecular complexity index is 236. The fourth-order valence-electron chi connectivity index (χ4n) is 2.85. The van der Waals surface area contributed by atoms with E-state index in [1.165, 1.54) is 6.42 Å². The molecule has 1 saturated carbocycles. The van der Waals surface area contributed by atoms with Crippen molar-refractivity contribution in [2.24, 2.45) is 5.92 Å². The quantitative estimate of drug-likeness (QED) is 0.644. The lowest BCUT2D eigenvalue weighted by molar-refractivity contribution is -0.151. The van der Waals surface area contributed by atoms with Crippen LogP contribution in [0.4, 0.5) is 0 Å². The summed E-state index contributed by atoms with van der Waals surface area (Å²) < 4.78 is 10.8. The van der Waals surface area contributed by atoms with Crippen LogP contribution in [0.5, 0.6) is 0 Å². The van der Waals surface area contributed by atoms with E-state index in [9.17, 15) is 4.79 Å². The van der Waals surface area contributed by atoms with Gasteiger partial charge in [0, 0.05) is 26.7 Å². The number of hydrogen-bond acceptors (Lipinski definition) is 3. The van der Waals surface area contributed by atoms with Crippen molar-refractivity contribution >= 4 is 5.78 Å². The Balaban J connectivity index is 2.59. The van der Waals surface area contributed by atoms with E-state index in [4.69, 9.17) is 9.47 Å². The topological polar surface area (TPSA) is 35.5 Å². The maximum atomic E-state index is 12.3. The maximum absolute atomic E-state index is 12.3. The van der Waals surface area contributed by atoms with Crippen LogP contribution in [-0.2, 0) is 14.3 Å². The molecule has 0 aromatic carbocycles. The molecule has 3 heteroatoms. The normalized spacial score (nSPS) is 29.2. The molecule has 0 radical (unpaired) electrons. The average molecular weight is 242 g/mol. The van der Waals surface area contributed by atoms with E-state index in [-0.39, 0.29) is 5.78 Å². The Morgan fingerprint density at radius 2 is 2.24 bits per heavy atom. The summed E-state index contributed by atoms with van der Waals surface area (Å²) in [4.78, 5) is 12.3. The lowest BCUT2D eigenvalue weighted by Gasteiger charge is -2.38. The van der Waals surface area contributed by atoms with Crippen LogP contribution in [-0.4, -0.2) is 31.7 Å². The molecule has 0 amide bonds. The summed E-state index contributed by atoms with van der Waals surface area (Å²) in [7, 11) is 1.67. The van der Waals surface area contributed by atoms with Crippen molar-refractivity contribution in [2.45, 2.75) is 58.0 Å². The van der Waals surface area contributed by atoms with Gasteiger partial charge in [-0.2, -0.15) is 0 Å². The lowest BCUT2D eigenvalue weighted by Crippen LogP contribution is -2.45. The summed E-state index contributed by atoms with van der Waals surface area (Å²) in [5.41, 5.74) is -0.486. The van der Waals surface area contributed by atoms with E-state index >= 15 is 0 Å². The number of ether oxygens (including phenoxy) is 2. The third-order valence-electron chi connectivity index (χ3n) is 3.64. The van der Waals surface area contributed by atoms with Crippen LogP contribution in [0.1, 0.15) is 52.4 Å².